The number of carbonyl (C=O) groups excluding carboxylic acids is 1. The van der Waals surface area contributed by atoms with Gasteiger partial charge in [0.05, 0.1) is 12.6 Å². The van der Waals surface area contributed by atoms with Crippen LogP contribution in [0.1, 0.15) is 29.1 Å². The fourth-order valence-electron chi connectivity index (χ4n) is 1.68. The van der Waals surface area contributed by atoms with Crippen molar-refractivity contribution in [1.29, 1.82) is 0 Å². The summed E-state index contributed by atoms with van der Waals surface area (Å²) >= 11 is 0. The van der Waals surface area contributed by atoms with Crippen molar-refractivity contribution in [1.82, 2.24) is 26.0 Å². The van der Waals surface area contributed by atoms with Crippen molar-refractivity contribution in [2.75, 3.05) is 26.2 Å². The molecule has 1 aromatic heterocycles. The van der Waals surface area contributed by atoms with E-state index in [0.717, 1.165) is 19.6 Å². The van der Waals surface area contributed by atoms with E-state index in [2.05, 4.69) is 26.0 Å². The van der Waals surface area contributed by atoms with Crippen LogP contribution in [0.25, 0.3) is 0 Å². The Kier molecular flexibility index (Phi) is 3.47. The van der Waals surface area contributed by atoms with Crippen molar-refractivity contribution >= 4 is 5.97 Å². The molecule has 0 amide bonds. The monoisotopic (exact) mass is 225 g/mol. The third kappa shape index (κ3) is 2.20. The van der Waals surface area contributed by atoms with E-state index in [1.165, 1.54) is 0 Å². The zero-order chi connectivity index (χ0) is 11.4. The first kappa shape index (κ1) is 11.0. The Labute approximate surface area is 92.9 Å². The molecule has 1 fully saturated rings. The summed E-state index contributed by atoms with van der Waals surface area (Å²) in [5, 5.41) is 16.8. The smallest absolute Gasteiger partial charge is 0.360 e. The lowest BCUT2D eigenvalue weighted by Crippen LogP contribution is -2.43. The van der Waals surface area contributed by atoms with Gasteiger partial charge in [-0.1, -0.05) is 0 Å². The van der Waals surface area contributed by atoms with Gasteiger partial charge in [-0.05, 0) is 6.92 Å². The van der Waals surface area contributed by atoms with Gasteiger partial charge in [0.15, 0.2) is 5.69 Å². The van der Waals surface area contributed by atoms with Crippen molar-refractivity contribution in [3.63, 3.8) is 0 Å². The Morgan fingerprint density at radius 3 is 3.06 bits per heavy atom. The molecule has 7 heteroatoms. The molecule has 1 aliphatic rings. The van der Waals surface area contributed by atoms with E-state index in [0.29, 0.717) is 12.3 Å². The van der Waals surface area contributed by atoms with E-state index in [4.69, 9.17) is 4.74 Å². The summed E-state index contributed by atoms with van der Waals surface area (Å²) in [5.41, 5.74) is 0.883. The van der Waals surface area contributed by atoms with E-state index in [-0.39, 0.29) is 11.7 Å². The lowest BCUT2D eigenvalue weighted by molar-refractivity contribution is 0.0517. The Bertz CT molecular complexity index is 359. The third-order valence-corrected chi connectivity index (χ3v) is 2.41. The van der Waals surface area contributed by atoms with E-state index < -0.39 is 5.97 Å². The Morgan fingerprint density at radius 1 is 1.50 bits per heavy atom. The van der Waals surface area contributed by atoms with Crippen molar-refractivity contribution < 1.29 is 9.53 Å². The molecule has 1 atom stereocenters. The van der Waals surface area contributed by atoms with Crippen molar-refractivity contribution in [3.05, 3.63) is 11.4 Å². The Morgan fingerprint density at radius 2 is 2.38 bits per heavy atom. The van der Waals surface area contributed by atoms with Gasteiger partial charge in [-0.15, -0.1) is 5.10 Å². The lowest BCUT2D eigenvalue weighted by atomic mass is 10.1. The molecule has 2 rings (SSSR count). The maximum atomic E-state index is 11.6. The van der Waals surface area contributed by atoms with Crippen LogP contribution in [0, 0.1) is 0 Å². The first-order valence-corrected chi connectivity index (χ1v) is 5.34. The number of rotatable bonds is 3. The molecule has 2 heterocycles. The summed E-state index contributed by atoms with van der Waals surface area (Å²) in [7, 11) is 0. The zero-order valence-corrected chi connectivity index (χ0v) is 9.12. The molecule has 1 aromatic rings. The zero-order valence-electron chi connectivity index (χ0n) is 9.12. The maximum Gasteiger partial charge on any atom is 0.360 e. The second-order valence-corrected chi connectivity index (χ2v) is 3.49. The van der Waals surface area contributed by atoms with Crippen LogP contribution >= 0.6 is 0 Å². The average molecular weight is 225 g/mol. The van der Waals surface area contributed by atoms with Crippen LogP contribution in [0.15, 0.2) is 0 Å². The summed E-state index contributed by atoms with van der Waals surface area (Å²) in [5.74, 6) is -0.432. The predicted octanol–water partition coefficient (Wildman–Crippen LogP) is -0.785. The van der Waals surface area contributed by atoms with Gasteiger partial charge in [-0.2, -0.15) is 10.3 Å². The number of piperazine rings is 1. The summed E-state index contributed by atoms with van der Waals surface area (Å²) in [4.78, 5) is 11.6. The van der Waals surface area contributed by atoms with E-state index in [1.807, 2.05) is 0 Å². The minimum Gasteiger partial charge on any atom is -0.461 e. The van der Waals surface area contributed by atoms with Gasteiger partial charge in [0, 0.05) is 19.6 Å². The summed E-state index contributed by atoms with van der Waals surface area (Å²) in [6, 6.07) is 0.00639. The molecule has 16 heavy (non-hydrogen) atoms. The maximum absolute atomic E-state index is 11.6. The number of nitrogens with one attached hydrogen (secondary N) is 3. The van der Waals surface area contributed by atoms with Gasteiger partial charge < -0.3 is 15.4 Å². The minimum atomic E-state index is -0.432. The number of carbonyl (C=O) groups is 1. The third-order valence-electron chi connectivity index (χ3n) is 2.41. The first-order valence-electron chi connectivity index (χ1n) is 5.34. The van der Waals surface area contributed by atoms with Crippen LogP contribution in [0.3, 0.4) is 0 Å². The fourth-order valence-corrected chi connectivity index (χ4v) is 1.68. The van der Waals surface area contributed by atoms with Gasteiger partial charge in [-0.3, -0.25) is 0 Å². The van der Waals surface area contributed by atoms with Gasteiger partial charge in [0.2, 0.25) is 0 Å². The Balaban J connectivity index is 2.14. The number of H-pyrrole nitrogens is 1. The molecule has 88 valence electrons. The quantitative estimate of drug-likeness (QED) is 0.584. The van der Waals surface area contributed by atoms with Gasteiger partial charge in [-0.25, -0.2) is 4.79 Å². The lowest BCUT2D eigenvalue weighted by Gasteiger charge is -2.22. The number of esters is 1. The van der Waals surface area contributed by atoms with Crippen LogP contribution in [0.4, 0.5) is 0 Å². The molecule has 0 spiro atoms. The number of aromatic amines is 1. The second kappa shape index (κ2) is 5.04. The van der Waals surface area contributed by atoms with E-state index >= 15 is 0 Å². The molecule has 0 aromatic carbocycles. The Hall–Kier alpha value is -1.47. The van der Waals surface area contributed by atoms with E-state index in [9.17, 15) is 4.79 Å². The average Bonchev–Trinajstić information content (AvgIpc) is 2.79. The van der Waals surface area contributed by atoms with Crippen LogP contribution in [-0.4, -0.2) is 47.6 Å². The highest BCUT2D eigenvalue weighted by Crippen LogP contribution is 2.14. The van der Waals surface area contributed by atoms with Crippen LogP contribution in [0.2, 0.25) is 0 Å². The highest BCUT2D eigenvalue weighted by molar-refractivity contribution is 5.88. The number of hydrogen-bond donors (Lipinski definition) is 3. The van der Waals surface area contributed by atoms with Crippen molar-refractivity contribution in [2.24, 2.45) is 0 Å². The topological polar surface area (TPSA) is 91.9 Å². The molecule has 0 saturated carbocycles. The molecule has 0 bridgehead atoms. The predicted molar refractivity (Wildman–Crippen MR) is 56.0 cm³/mol. The SMILES string of the molecule is CCOC(=O)c1n[nH]nc1C1CNCCN1. The van der Waals surface area contributed by atoms with Crippen LogP contribution in [0.5, 0.6) is 0 Å². The minimum absolute atomic E-state index is 0.00639. The molecule has 0 aliphatic carbocycles. The summed E-state index contributed by atoms with van der Waals surface area (Å²) in [6.45, 7) is 4.60. The normalized spacial score (nSPS) is 20.7. The highest BCUT2D eigenvalue weighted by atomic mass is 16.5. The summed E-state index contributed by atoms with van der Waals surface area (Å²) in [6.07, 6.45) is 0. The number of hydrogen-bond acceptors (Lipinski definition) is 6. The first-order chi connectivity index (χ1) is 7.83. The van der Waals surface area contributed by atoms with Gasteiger partial charge >= 0.3 is 5.97 Å². The van der Waals surface area contributed by atoms with Gasteiger partial charge in [0.25, 0.3) is 0 Å². The molecule has 0 radical (unpaired) electrons. The van der Waals surface area contributed by atoms with Crippen molar-refractivity contribution in [2.45, 2.75) is 13.0 Å². The second-order valence-electron chi connectivity index (χ2n) is 3.49. The largest absolute Gasteiger partial charge is 0.461 e. The molecule has 1 saturated heterocycles. The number of aromatic nitrogens is 3. The number of nitrogens with zero attached hydrogens (tertiary/aromatic N) is 2. The summed E-state index contributed by atoms with van der Waals surface area (Å²) < 4.78 is 4.91. The molecule has 7 nitrogen and oxygen atoms in total. The molecule has 3 N–H and O–H groups in total. The number of ether oxygens (including phenoxy) is 1. The standard InChI is InChI=1S/C9H15N5O2/c1-2-16-9(15)8-7(12-14-13-8)6-5-10-3-4-11-6/h6,10-11H,2-5H2,1H3,(H,12,13,14). The molecule has 1 aliphatic heterocycles. The van der Waals surface area contributed by atoms with Gasteiger partial charge in [0.1, 0.15) is 5.69 Å². The van der Waals surface area contributed by atoms with Crippen LogP contribution in [-0.2, 0) is 4.74 Å². The molecule has 1 unspecified atom stereocenters. The fraction of sp³-hybridized carbons (Fsp3) is 0.667. The van der Waals surface area contributed by atoms with Crippen LogP contribution < -0.4 is 10.6 Å². The van der Waals surface area contributed by atoms with E-state index in [1.54, 1.807) is 6.92 Å². The molecular weight excluding hydrogens is 210 g/mol. The van der Waals surface area contributed by atoms with Crippen molar-refractivity contribution in [3.8, 4) is 0 Å². The molecular formula is C9H15N5O2. The highest BCUT2D eigenvalue weighted by Gasteiger charge is 2.25.